The van der Waals surface area contributed by atoms with Gasteiger partial charge in [0.1, 0.15) is 0 Å². The van der Waals surface area contributed by atoms with Crippen molar-refractivity contribution in [1.29, 1.82) is 0 Å². The molecule has 0 fully saturated rings. The van der Waals surface area contributed by atoms with Gasteiger partial charge in [-0.3, -0.25) is 9.97 Å². The number of benzene rings is 2. The van der Waals surface area contributed by atoms with Gasteiger partial charge in [-0.15, -0.1) is 0 Å². The van der Waals surface area contributed by atoms with Gasteiger partial charge in [-0.2, -0.15) is 0 Å². The lowest BCUT2D eigenvalue weighted by Crippen LogP contribution is -2.26. The second-order valence-electron chi connectivity index (χ2n) is 4.71. The maximum atomic E-state index is 4.36. The monoisotopic (exact) mass is 232 g/mol. The predicted molar refractivity (Wildman–Crippen MR) is 74.5 cm³/mol. The summed E-state index contributed by atoms with van der Waals surface area (Å²) in [6, 6.07) is 8.77. The van der Waals surface area contributed by atoms with E-state index in [9.17, 15) is 0 Å². The van der Waals surface area contributed by atoms with E-state index < -0.39 is 0 Å². The van der Waals surface area contributed by atoms with Crippen LogP contribution in [-0.4, -0.2) is 9.97 Å². The smallest absolute Gasteiger partial charge is 0.0893 e. The van der Waals surface area contributed by atoms with E-state index in [4.69, 9.17) is 0 Å². The largest absolute Gasteiger partial charge is 0.253 e. The summed E-state index contributed by atoms with van der Waals surface area (Å²) < 4.78 is 0. The summed E-state index contributed by atoms with van der Waals surface area (Å²) in [4.78, 5) is 8.73. The normalized spacial score (nSPS) is 14.0. The molecule has 0 saturated carbocycles. The molecule has 2 aromatic carbocycles. The molecule has 2 heteroatoms. The Hall–Kier alpha value is -2.22. The number of hydrogen-bond acceptors (Lipinski definition) is 2. The lowest BCUT2D eigenvalue weighted by molar-refractivity contribution is 1.12. The fourth-order valence-corrected chi connectivity index (χ4v) is 2.63. The van der Waals surface area contributed by atoms with Crippen LogP contribution in [0, 0.1) is 0 Å². The van der Waals surface area contributed by atoms with Crippen LogP contribution in [0.1, 0.15) is 12.8 Å². The third-order valence-electron chi connectivity index (χ3n) is 3.52. The minimum Gasteiger partial charge on any atom is -0.253 e. The molecule has 1 heterocycles. The average molecular weight is 232 g/mol. The van der Waals surface area contributed by atoms with Gasteiger partial charge in [0.25, 0.3) is 0 Å². The van der Waals surface area contributed by atoms with Gasteiger partial charge >= 0.3 is 0 Å². The van der Waals surface area contributed by atoms with Gasteiger partial charge in [-0.25, -0.2) is 0 Å². The zero-order chi connectivity index (χ0) is 11.9. The van der Waals surface area contributed by atoms with Gasteiger partial charge in [0.05, 0.1) is 11.0 Å². The van der Waals surface area contributed by atoms with Crippen molar-refractivity contribution in [3.05, 3.63) is 47.1 Å². The third kappa shape index (κ3) is 1.42. The molecule has 2 nitrogen and oxygen atoms in total. The van der Waals surface area contributed by atoms with Crippen LogP contribution in [0.2, 0.25) is 0 Å². The summed E-state index contributed by atoms with van der Waals surface area (Å²) in [5.74, 6) is 0. The summed E-state index contributed by atoms with van der Waals surface area (Å²) in [6.45, 7) is 0. The van der Waals surface area contributed by atoms with Crippen molar-refractivity contribution < 1.29 is 0 Å². The van der Waals surface area contributed by atoms with Crippen molar-refractivity contribution in [2.75, 3.05) is 0 Å². The van der Waals surface area contributed by atoms with Crippen LogP contribution in [0.15, 0.2) is 36.7 Å². The topological polar surface area (TPSA) is 25.8 Å². The molecule has 0 aliphatic heterocycles. The van der Waals surface area contributed by atoms with Gasteiger partial charge in [-0.05, 0) is 58.3 Å². The Kier molecular flexibility index (Phi) is 1.97. The van der Waals surface area contributed by atoms with E-state index in [1.807, 2.05) is 0 Å². The molecule has 0 amide bonds. The molecule has 4 rings (SSSR count). The van der Waals surface area contributed by atoms with Gasteiger partial charge in [0.2, 0.25) is 0 Å². The number of fused-ring (bicyclic) bond motifs is 3. The van der Waals surface area contributed by atoms with E-state index >= 15 is 0 Å². The summed E-state index contributed by atoms with van der Waals surface area (Å²) in [5, 5.41) is 5.18. The molecule has 0 N–H and O–H groups in total. The van der Waals surface area contributed by atoms with Crippen LogP contribution in [0.4, 0.5) is 0 Å². The van der Waals surface area contributed by atoms with Crippen LogP contribution in [0.5, 0.6) is 0 Å². The number of nitrogens with zero attached hydrogens (tertiary/aromatic N) is 2. The minimum absolute atomic E-state index is 0.963. The average Bonchev–Trinajstić information content (AvgIpc) is 2.42. The second-order valence-corrected chi connectivity index (χ2v) is 4.71. The highest BCUT2D eigenvalue weighted by Crippen LogP contribution is 2.17. The molecule has 0 atom stereocenters. The van der Waals surface area contributed by atoms with E-state index in [1.165, 1.54) is 21.2 Å². The molecule has 0 radical (unpaired) electrons. The summed E-state index contributed by atoms with van der Waals surface area (Å²) >= 11 is 0. The van der Waals surface area contributed by atoms with Crippen LogP contribution in [0.3, 0.4) is 0 Å². The number of aromatic nitrogens is 2. The SMILES string of the molecule is C1=c2cc3cc4nccnc4cc3cc2=CCC1. The van der Waals surface area contributed by atoms with E-state index in [1.54, 1.807) is 12.4 Å². The van der Waals surface area contributed by atoms with E-state index in [0.29, 0.717) is 0 Å². The summed E-state index contributed by atoms with van der Waals surface area (Å²) in [5.41, 5.74) is 1.93. The fraction of sp³-hybridized carbons (Fsp3) is 0.125. The lowest BCUT2D eigenvalue weighted by Gasteiger charge is -2.04. The lowest BCUT2D eigenvalue weighted by atomic mass is 10.0. The first-order valence-corrected chi connectivity index (χ1v) is 6.25. The zero-order valence-corrected chi connectivity index (χ0v) is 9.93. The van der Waals surface area contributed by atoms with Crippen molar-refractivity contribution in [1.82, 2.24) is 9.97 Å². The Morgan fingerprint density at radius 1 is 0.667 bits per heavy atom. The highest BCUT2D eigenvalue weighted by molar-refractivity contribution is 5.94. The van der Waals surface area contributed by atoms with Gasteiger partial charge < -0.3 is 0 Å². The quantitative estimate of drug-likeness (QED) is 0.555. The van der Waals surface area contributed by atoms with Gasteiger partial charge in [-0.1, -0.05) is 12.2 Å². The van der Waals surface area contributed by atoms with Gasteiger partial charge in [0, 0.05) is 12.4 Å². The molecule has 3 aromatic rings. The molecular weight excluding hydrogens is 220 g/mol. The fourth-order valence-electron chi connectivity index (χ4n) is 2.63. The summed E-state index contributed by atoms with van der Waals surface area (Å²) in [6.07, 6.45) is 10.4. The van der Waals surface area contributed by atoms with Crippen LogP contribution >= 0.6 is 0 Å². The molecule has 0 unspecified atom stereocenters. The van der Waals surface area contributed by atoms with Crippen LogP contribution < -0.4 is 10.4 Å². The maximum Gasteiger partial charge on any atom is 0.0893 e. The van der Waals surface area contributed by atoms with E-state index in [-0.39, 0.29) is 0 Å². The third-order valence-corrected chi connectivity index (χ3v) is 3.52. The Balaban J connectivity index is 2.19. The first-order valence-electron chi connectivity index (χ1n) is 6.25. The van der Waals surface area contributed by atoms with Crippen molar-refractivity contribution in [2.24, 2.45) is 0 Å². The Labute approximate surface area is 104 Å². The molecule has 0 saturated heterocycles. The summed E-state index contributed by atoms with van der Waals surface area (Å²) in [7, 11) is 0. The van der Waals surface area contributed by atoms with Crippen molar-refractivity contribution >= 4 is 34.0 Å². The molecule has 86 valence electrons. The van der Waals surface area contributed by atoms with Crippen LogP contribution in [-0.2, 0) is 0 Å². The Morgan fingerprint density at radius 2 is 1.17 bits per heavy atom. The number of rotatable bonds is 0. The zero-order valence-electron chi connectivity index (χ0n) is 9.93. The van der Waals surface area contributed by atoms with E-state index in [0.717, 1.165) is 23.9 Å². The van der Waals surface area contributed by atoms with Gasteiger partial charge in [0.15, 0.2) is 0 Å². The predicted octanol–water partition coefficient (Wildman–Crippen LogP) is 2.14. The molecule has 1 aromatic heterocycles. The van der Waals surface area contributed by atoms with Crippen molar-refractivity contribution in [3.8, 4) is 0 Å². The first-order chi connectivity index (χ1) is 8.90. The molecule has 1 aliphatic rings. The highest BCUT2D eigenvalue weighted by Gasteiger charge is 2.01. The Bertz CT molecular complexity index is 805. The maximum absolute atomic E-state index is 4.36. The van der Waals surface area contributed by atoms with E-state index in [2.05, 4.69) is 46.4 Å². The first kappa shape index (κ1) is 9.77. The molecular formula is C16H12N2. The molecule has 18 heavy (non-hydrogen) atoms. The second kappa shape index (κ2) is 3.64. The minimum atomic E-state index is 0.963. The van der Waals surface area contributed by atoms with Crippen molar-refractivity contribution in [2.45, 2.75) is 12.8 Å². The van der Waals surface area contributed by atoms with Crippen LogP contribution in [0.25, 0.3) is 34.0 Å². The number of hydrogen-bond donors (Lipinski definition) is 0. The highest BCUT2D eigenvalue weighted by atomic mass is 14.8. The Morgan fingerprint density at radius 3 is 1.67 bits per heavy atom. The van der Waals surface area contributed by atoms with Crippen molar-refractivity contribution in [3.63, 3.8) is 0 Å². The molecule has 0 spiro atoms. The molecule has 1 aliphatic carbocycles. The molecule has 0 bridgehead atoms. The standard InChI is InChI=1S/C16H12N2/c1-2-4-12-8-14-10-16-15(17-5-6-18-16)9-13(14)7-11(12)3-1/h3-10H,1-2H2.